The van der Waals surface area contributed by atoms with Crippen molar-refractivity contribution >= 4 is 0 Å². The molecule has 2 rings (SSSR count). The Kier molecular flexibility index (Phi) is 2.89. The fraction of sp³-hybridized carbons (Fsp3) is 0.750. The third-order valence-corrected chi connectivity index (χ3v) is 2.18. The standard InChI is InChI=1S/C8H14N4O/c1-2-7(5-13-3-1)9-4-8-10-6-11-12-8/h6-7,9H,1-5H2,(H,10,11,12). The molecule has 1 fully saturated rings. The number of aromatic nitrogens is 3. The summed E-state index contributed by atoms with van der Waals surface area (Å²) in [5.41, 5.74) is 0. The lowest BCUT2D eigenvalue weighted by Crippen LogP contribution is -2.36. The van der Waals surface area contributed by atoms with E-state index in [1.807, 2.05) is 0 Å². The van der Waals surface area contributed by atoms with E-state index in [-0.39, 0.29) is 0 Å². The highest BCUT2D eigenvalue weighted by Gasteiger charge is 2.12. The quantitative estimate of drug-likeness (QED) is 0.694. The maximum absolute atomic E-state index is 5.34. The van der Waals surface area contributed by atoms with Gasteiger partial charge in [0.1, 0.15) is 12.2 Å². The number of ether oxygens (including phenoxy) is 1. The summed E-state index contributed by atoms with van der Waals surface area (Å²) in [6, 6.07) is 0.471. The maximum Gasteiger partial charge on any atom is 0.138 e. The van der Waals surface area contributed by atoms with Gasteiger partial charge in [-0.05, 0) is 12.8 Å². The maximum atomic E-state index is 5.34. The Morgan fingerprint density at radius 3 is 3.38 bits per heavy atom. The van der Waals surface area contributed by atoms with Crippen LogP contribution in [0.2, 0.25) is 0 Å². The van der Waals surface area contributed by atoms with Crippen LogP contribution in [0, 0.1) is 0 Å². The largest absolute Gasteiger partial charge is 0.380 e. The van der Waals surface area contributed by atoms with Gasteiger partial charge in [0.25, 0.3) is 0 Å². The molecule has 0 amide bonds. The van der Waals surface area contributed by atoms with Gasteiger partial charge in [-0.15, -0.1) is 0 Å². The third-order valence-electron chi connectivity index (χ3n) is 2.18. The number of hydrogen-bond acceptors (Lipinski definition) is 4. The number of rotatable bonds is 3. The van der Waals surface area contributed by atoms with Crippen molar-refractivity contribution in [2.24, 2.45) is 0 Å². The van der Waals surface area contributed by atoms with Gasteiger partial charge in [-0.25, -0.2) is 4.98 Å². The van der Waals surface area contributed by atoms with Crippen LogP contribution in [-0.2, 0) is 11.3 Å². The summed E-state index contributed by atoms with van der Waals surface area (Å²) in [4.78, 5) is 4.03. The lowest BCUT2D eigenvalue weighted by molar-refractivity contribution is 0.0697. The van der Waals surface area contributed by atoms with Gasteiger partial charge in [0.2, 0.25) is 0 Å². The number of hydrogen-bond donors (Lipinski definition) is 2. The van der Waals surface area contributed by atoms with Crippen LogP contribution < -0.4 is 5.32 Å². The second-order valence-electron chi connectivity index (χ2n) is 3.23. The van der Waals surface area contributed by atoms with Crippen molar-refractivity contribution in [3.05, 3.63) is 12.2 Å². The lowest BCUT2D eigenvalue weighted by Gasteiger charge is -2.22. The van der Waals surface area contributed by atoms with Crippen LogP contribution in [0.25, 0.3) is 0 Å². The van der Waals surface area contributed by atoms with Crippen LogP contribution >= 0.6 is 0 Å². The van der Waals surface area contributed by atoms with E-state index < -0.39 is 0 Å². The lowest BCUT2D eigenvalue weighted by atomic mass is 10.1. The Morgan fingerprint density at radius 2 is 2.69 bits per heavy atom. The molecule has 0 bridgehead atoms. The second-order valence-corrected chi connectivity index (χ2v) is 3.23. The minimum atomic E-state index is 0.471. The van der Waals surface area contributed by atoms with E-state index in [9.17, 15) is 0 Å². The molecule has 13 heavy (non-hydrogen) atoms. The average Bonchev–Trinajstić information content (AvgIpc) is 2.69. The molecule has 1 aromatic heterocycles. The molecular formula is C8H14N4O. The summed E-state index contributed by atoms with van der Waals surface area (Å²) in [6.07, 6.45) is 3.86. The summed E-state index contributed by atoms with van der Waals surface area (Å²) in [5.74, 6) is 0.880. The van der Waals surface area contributed by atoms with Crippen molar-refractivity contribution < 1.29 is 4.74 Å². The zero-order chi connectivity index (χ0) is 8.93. The molecule has 1 unspecified atom stereocenters. The molecule has 2 heterocycles. The minimum absolute atomic E-state index is 0.471. The van der Waals surface area contributed by atoms with Gasteiger partial charge >= 0.3 is 0 Å². The molecule has 1 aromatic rings. The van der Waals surface area contributed by atoms with Crippen LogP contribution in [-0.4, -0.2) is 34.4 Å². The Bertz CT molecular complexity index is 230. The van der Waals surface area contributed by atoms with E-state index in [0.29, 0.717) is 6.04 Å². The first-order valence-electron chi connectivity index (χ1n) is 4.60. The van der Waals surface area contributed by atoms with Gasteiger partial charge in [0.05, 0.1) is 13.2 Å². The first-order chi connectivity index (χ1) is 6.45. The van der Waals surface area contributed by atoms with E-state index in [1.165, 1.54) is 12.7 Å². The van der Waals surface area contributed by atoms with Gasteiger partial charge in [-0.1, -0.05) is 0 Å². The Morgan fingerprint density at radius 1 is 1.69 bits per heavy atom. The average molecular weight is 182 g/mol. The van der Waals surface area contributed by atoms with Gasteiger partial charge < -0.3 is 10.1 Å². The highest BCUT2D eigenvalue weighted by Crippen LogP contribution is 2.05. The number of nitrogens with one attached hydrogen (secondary N) is 2. The molecule has 5 heteroatoms. The van der Waals surface area contributed by atoms with Crippen LogP contribution in [0.15, 0.2) is 6.33 Å². The molecule has 2 N–H and O–H groups in total. The topological polar surface area (TPSA) is 62.8 Å². The van der Waals surface area contributed by atoms with E-state index in [1.54, 1.807) is 0 Å². The van der Waals surface area contributed by atoms with Crippen molar-refractivity contribution in [3.8, 4) is 0 Å². The van der Waals surface area contributed by atoms with Crippen molar-refractivity contribution in [1.29, 1.82) is 0 Å². The van der Waals surface area contributed by atoms with Gasteiger partial charge in [-0.2, -0.15) is 5.10 Å². The third kappa shape index (κ3) is 2.50. The minimum Gasteiger partial charge on any atom is -0.380 e. The zero-order valence-electron chi connectivity index (χ0n) is 7.49. The second kappa shape index (κ2) is 4.34. The summed E-state index contributed by atoms with van der Waals surface area (Å²) >= 11 is 0. The van der Waals surface area contributed by atoms with E-state index >= 15 is 0 Å². The highest BCUT2D eigenvalue weighted by molar-refractivity contribution is 4.81. The molecule has 0 aromatic carbocycles. The molecule has 1 saturated heterocycles. The van der Waals surface area contributed by atoms with Crippen LogP contribution in [0.5, 0.6) is 0 Å². The SMILES string of the molecule is c1n[nH]c(CNC2CCCOC2)n1. The highest BCUT2D eigenvalue weighted by atomic mass is 16.5. The summed E-state index contributed by atoms with van der Waals surface area (Å²) in [7, 11) is 0. The molecule has 1 atom stereocenters. The molecule has 5 nitrogen and oxygen atoms in total. The van der Waals surface area contributed by atoms with Gasteiger partial charge in [0.15, 0.2) is 0 Å². The normalized spacial score (nSPS) is 23.2. The molecule has 0 saturated carbocycles. The summed E-state index contributed by atoms with van der Waals surface area (Å²) in [6.45, 7) is 2.46. The zero-order valence-corrected chi connectivity index (χ0v) is 7.49. The van der Waals surface area contributed by atoms with Crippen molar-refractivity contribution in [1.82, 2.24) is 20.5 Å². The van der Waals surface area contributed by atoms with Gasteiger partial charge in [-0.3, -0.25) is 5.10 Å². The van der Waals surface area contributed by atoms with Gasteiger partial charge in [0, 0.05) is 12.6 Å². The Labute approximate surface area is 76.9 Å². The Balaban J connectivity index is 1.72. The first-order valence-corrected chi connectivity index (χ1v) is 4.60. The summed E-state index contributed by atoms with van der Waals surface area (Å²) < 4.78 is 5.34. The molecule has 72 valence electrons. The van der Waals surface area contributed by atoms with E-state index in [0.717, 1.165) is 32.0 Å². The molecule has 0 spiro atoms. The van der Waals surface area contributed by atoms with Crippen molar-refractivity contribution in [2.75, 3.05) is 13.2 Å². The number of nitrogens with zero attached hydrogens (tertiary/aromatic N) is 2. The monoisotopic (exact) mass is 182 g/mol. The van der Waals surface area contributed by atoms with Crippen molar-refractivity contribution in [2.45, 2.75) is 25.4 Å². The summed E-state index contributed by atoms with van der Waals surface area (Å²) in [5, 5.41) is 9.96. The molecule has 0 radical (unpaired) electrons. The number of aromatic amines is 1. The van der Waals surface area contributed by atoms with E-state index in [4.69, 9.17) is 4.74 Å². The molecule has 1 aliphatic heterocycles. The van der Waals surface area contributed by atoms with Crippen molar-refractivity contribution in [3.63, 3.8) is 0 Å². The smallest absolute Gasteiger partial charge is 0.138 e. The predicted octanol–water partition coefficient (Wildman–Crippen LogP) is 0.0733. The molecule has 0 aliphatic carbocycles. The molecule has 1 aliphatic rings. The van der Waals surface area contributed by atoms with Crippen LogP contribution in [0.4, 0.5) is 0 Å². The Hall–Kier alpha value is -0.940. The van der Waals surface area contributed by atoms with Crippen LogP contribution in [0.3, 0.4) is 0 Å². The predicted molar refractivity (Wildman–Crippen MR) is 47.1 cm³/mol. The fourth-order valence-corrected chi connectivity index (χ4v) is 1.46. The van der Waals surface area contributed by atoms with Crippen LogP contribution in [0.1, 0.15) is 18.7 Å². The molecular weight excluding hydrogens is 168 g/mol. The first kappa shape index (κ1) is 8.65. The van der Waals surface area contributed by atoms with E-state index in [2.05, 4.69) is 20.5 Å². The fourth-order valence-electron chi connectivity index (χ4n) is 1.46. The number of H-pyrrole nitrogens is 1.